The van der Waals surface area contributed by atoms with Crippen molar-refractivity contribution in [3.8, 4) is 0 Å². The maximum absolute atomic E-state index is 11.7. The third-order valence-electron chi connectivity index (χ3n) is 2.63. The molecule has 0 aliphatic carbocycles. The third kappa shape index (κ3) is 3.75. The monoisotopic (exact) mass is 287 g/mol. The first kappa shape index (κ1) is 14.4. The highest BCUT2D eigenvalue weighted by molar-refractivity contribution is 6.43. The molecule has 2 N–H and O–H groups in total. The van der Waals surface area contributed by atoms with E-state index in [4.69, 9.17) is 4.52 Å². The number of carbonyl (C=O) groups is 3. The van der Waals surface area contributed by atoms with Gasteiger partial charge in [0, 0.05) is 17.3 Å². The SMILES string of the molecule is CC(=O)c1ccc(NC(=O)C(=O)Nc2cc(C)on2)cc1. The second kappa shape index (κ2) is 6.00. The molecule has 0 unspecified atom stereocenters. The van der Waals surface area contributed by atoms with E-state index in [1.54, 1.807) is 31.2 Å². The fourth-order valence-corrected chi connectivity index (χ4v) is 1.57. The maximum Gasteiger partial charge on any atom is 0.315 e. The van der Waals surface area contributed by atoms with Gasteiger partial charge in [0.2, 0.25) is 0 Å². The van der Waals surface area contributed by atoms with Crippen molar-refractivity contribution >= 4 is 29.1 Å². The molecule has 0 spiro atoms. The quantitative estimate of drug-likeness (QED) is 0.661. The van der Waals surface area contributed by atoms with Crippen LogP contribution < -0.4 is 10.6 Å². The van der Waals surface area contributed by atoms with Gasteiger partial charge < -0.3 is 9.84 Å². The van der Waals surface area contributed by atoms with Crippen LogP contribution in [0.1, 0.15) is 23.0 Å². The summed E-state index contributed by atoms with van der Waals surface area (Å²) in [6.07, 6.45) is 0. The van der Waals surface area contributed by atoms with Crippen molar-refractivity contribution in [1.29, 1.82) is 0 Å². The zero-order chi connectivity index (χ0) is 15.4. The Bertz CT molecular complexity index is 688. The highest BCUT2D eigenvalue weighted by atomic mass is 16.5. The number of aromatic nitrogens is 1. The topological polar surface area (TPSA) is 101 Å². The van der Waals surface area contributed by atoms with Crippen LogP contribution in [0, 0.1) is 6.92 Å². The average Bonchev–Trinajstić information content (AvgIpc) is 2.84. The van der Waals surface area contributed by atoms with Crippen LogP contribution in [0.5, 0.6) is 0 Å². The van der Waals surface area contributed by atoms with Gasteiger partial charge in [0.15, 0.2) is 11.6 Å². The van der Waals surface area contributed by atoms with Crippen molar-refractivity contribution in [2.75, 3.05) is 10.6 Å². The Balaban J connectivity index is 1.97. The first-order chi connectivity index (χ1) is 9.95. The van der Waals surface area contributed by atoms with Gasteiger partial charge in [-0.1, -0.05) is 5.16 Å². The van der Waals surface area contributed by atoms with Gasteiger partial charge in [0.1, 0.15) is 5.76 Å². The third-order valence-corrected chi connectivity index (χ3v) is 2.63. The maximum atomic E-state index is 11.7. The predicted octanol–water partition coefficient (Wildman–Crippen LogP) is 1.76. The van der Waals surface area contributed by atoms with E-state index in [2.05, 4.69) is 15.8 Å². The van der Waals surface area contributed by atoms with E-state index < -0.39 is 11.8 Å². The zero-order valence-electron chi connectivity index (χ0n) is 11.5. The highest BCUT2D eigenvalue weighted by Crippen LogP contribution is 2.11. The van der Waals surface area contributed by atoms with E-state index in [1.807, 2.05) is 0 Å². The van der Waals surface area contributed by atoms with Crippen LogP contribution in [0.2, 0.25) is 0 Å². The molecule has 1 heterocycles. The number of ketones is 1. The van der Waals surface area contributed by atoms with E-state index in [0.29, 0.717) is 17.0 Å². The number of nitrogens with zero attached hydrogens (tertiary/aromatic N) is 1. The number of aryl methyl sites for hydroxylation is 1. The minimum absolute atomic E-state index is 0.0768. The van der Waals surface area contributed by atoms with Gasteiger partial charge in [0.05, 0.1) is 0 Å². The molecule has 1 aromatic carbocycles. The number of carbonyl (C=O) groups excluding carboxylic acids is 3. The number of hydrogen-bond donors (Lipinski definition) is 2. The number of amides is 2. The molecular formula is C14H13N3O4. The molecule has 2 aromatic rings. The van der Waals surface area contributed by atoms with E-state index in [0.717, 1.165) is 0 Å². The summed E-state index contributed by atoms with van der Waals surface area (Å²) in [7, 11) is 0. The van der Waals surface area contributed by atoms with E-state index in [1.165, 1.54) is 13.0 Å². The van der Waals surface area contributed by atoms with Gasteiger partial charge in [-0.25, -0.2) is 0 Å². The van der Waals surface area contributed by atoms with Gasteiger partial charge in [-0.05, 0) is 38.1 Å². The molecule has 0 aliphatic heterocycles. The lowest BCUT2D eigenvalue weighted by molar-refractivity contribution is -0.133. The van der Waals surface area contributed by atoms with Crippen LogP contribution >= 0.6 is 0 Å². The number of hydrogen-bond acceptors (Lipinski definition) is 5. The molecule has 7 nitrogen and oxygen atoms in total. The molecule has 0 aliphatic rings. The first-order valence-electron chi connectivity index (χ1n) is 6.12. The highest BCUT2D eigenvalue weighted by Gasteiger charge is 2.15. The fourth-order valence-electron chi connectivity index (χ4n) is 1.57. The van der Waals surface area contributed by atoms with Crippen molar-refractivity contribution in [3.05, 3.63) is 41.7 Å². The molecule has 0 bridgehead atoms. The van der Waals surface area contributed by atoms with Crippen LogP contribution in [0.15, 0.2) is 34.9 Å². The lowest BCUT2D eigenvalue weighted by Crippen LogP contribution is -2.29. The Morgan fingerprint density at radius 2 is 1.67 bits per heavy atom. The van der Waals surface area contributed by atoms with Crippen molar-refractivity contribution in [1.82, 2.24) is 5.16 Å². The summed E-state index contributed by atoms with van der Waals surface area (Å²) in [4.78, 5) is 34.5. The Labute approximate surface area is 120 Å². The van der Waals surface area contributed by atoms with Crippen LogP contribution in [-0.4, -0.2) is 22.8 Å². The summed E-state index contributed by atoms with van der Waals surface area (Å²) in [6, 6.07) is 7.71. The summed E-state index contributed by atoms with van der Waals surface area (Å²) in [5.74, 6) is -1.10. The van der Waals surface area contributed by atoms with Crippen molar-refractivity contribution in [2.45, 2.75) is 13.8 Å². The molecule has 7 heteroatoms. The minimum atomic E-state index is -0.862. The molecule has 21 heavy (non-hydrogen) atoms. The standard InChI is InChI=1S/C14H13N3O4/c1-8-7-12(17-21-8)16-14(20)13(19)15-11-5-3-10(4-6-11)9(2)18/h3-7H,1-2H3,(H,15,19)(H,16,17,20). The van der Waals surface area contributed by atoms with Crippen molar-refractivity contribution in [2.24, 2.45) is 0 Å². The molecule has 2 amide bonds. The number of Topliss-reactive ketones (excluding diaryl/α,β-unsaturated/α-hetero) is 1. The number of nitrogens with one attached hydrogen (secondary N) is 2. The molecule has 0 fully saturated rings. The van der Waals surface area contributed by atoms with Crippen LogP contribution in [0.25, 0.3) is 0 Å². The van der Waals surface area contributed by atoms with Crippen molar-refractivity contribution in [3.63, 3.8) is 0 Å². The molecule has 2 rings (SSSR count). The normalized spacial score (nSPS) is 10.0. The molecular weight excluding hydrogens is 274 g/mol. The van der Waals surface area contributed by atoms with Crippen molar-refractivity contribution < 1.29 is 18.9 Å². The number of benzene rings is 1. The van der Waals surface area contributed by atoms with E-state index >= 15 is 0 Å². The second-order valence-electron chi connectivity index (χ2n) is 4.36. The Kier molecular flexibility index (Phi) is 4.13. The van der Waals surface area contributed by atoms with Gasteiger partial charge >= 0.3 is 11.8 Å². The first-order valence-corrected chi connectivity index (χ1v) is 6.12. The molecule has 0 saturated heterocycles. The molecule has 108 valence electrons. The summed E-state index contributed by atoms with van der Waals surface area (Å²) < 4.78 is 4.77. The zero-order valence-corrected chi connectivity index (χ0v) is 11.5. The molecule has 0 saturated carbocycles. The summed E-state index contributed by atoms with van der Waals surface area (Å²) in [6.45, 7) is 3.11. The van der Waals surface area contributed by atoms with E-state index in [-0.39, 0.29) is 11.6 Å². The summed E-state index contributed by atoms with van der Waals surface area (Å²) in [5.41, 5.74) is 0.937. The summed E-state index contributed by atoms with van der Waals surface area (Å²) >= 11 is 0. The number of anilines is 2. The van der Waals surface area contributed by atoms with Crippen LogP contribution in [0.4, 0.5) is 11.5 Å². The average molecular weight is 287 g/mol. The van der Waals surface area contributed by atoms with Gasteiger partial charge in [-0.2, -0.15) is 0 Å². The second-order valence-corrected chi connectivity index (χ2v) is 4.36. The van der Waals surface area contributed by atoms with E-state index in [9.17, 15) is 14.4 Å². The Hall–Kier alpha value is -2.96. The fraction of sp³-hybridized carbons (Fsp3) is 0.143. The van der Waals surface area contributed by atoms with Gasteiger partial charge in [-0.15, -0.1) is 0 Å². The predicted molar refractivity (Wildman–Crippen MR) is 74.9 cm³/mol. The minimum Gasteiger partial charge on any atom is -0.360 e. The molecule has 0 atom stereocenters. The van der Waals surface area contributed by atoms with Gasteiger partial charge in [0.25, 0.3) is 0 Å². The van der Waals surface area contributed by atoms with Crippen LogP contribution in [0.3, 0.4) is 0 Å². The Morgan fingerprint density at radius 1 is 1.05 bits per heavy atom. The molecule has 1 aromatic heterocycles. The lowest BCUT2D eigenvalue weighted by Gasteiger charge is -2.05. The smallest absolute Gasteiger partial charge is 0.315 e. The Morgan fingerprint density at radius 3 is 2.19 bits per heavy atom. The van der Waals surface area contributed by atoms with Crippen LogP contribution in [-0.2, 0) is 9.59 Å². The molecule has 0 radical (unpaired) electrons. The number of rotatable bonds is 3. The largest absolute Gasteiger partial charge is 0.360 e. The lowest BCUT2D eigenvalue weighted by atomic mass is 10.1. The summed E-state index contributed by atoms with van der Waals surface area (Å²) in [5, 5.41) is 8.27. The van der Waals surface area contributed by atoms with Gasteiger partial charge in [-0.3, -0.25) is 19.7 Å².